The van der Waals surface area contributed by atoms with E-state index < -0.39 is 11.7 Å². The molecule has 4 rings (SSSR count). The van der Waals surface area contributed by atoms with Crippen LogP contribution in [0.2, 0.25) is 0 Å². The van der Waals surface area contributed by atoms with Crippen molar-refractivity contribution in [1.29, 1.82) is 0 Å². The average molecular weight is 384 g/mol. The highest BCUT2D eigenvalue weighted by molar-refractivity contribution is 6.15. The fraction of sp³-hybridized carbons (Fsp3) is 0.316. The largest absolute Gasteiger partial charge is 0.438 e. The van der Waals surface area contributed by atoms with Crippen molar-refractivity contribution < 1.29 is 13.6 Å². The van der Waals surface area contributed by atoms with Crippen LogP contribution in [0.5, 0.6) is 0 Å². The van der Waals surface area contributed by atoms with Gasteiger partial charge in [0, 0.05) is 31.4 Å². The van der Waals surface area contributed by atoms with Crippen LogP contribution < -0.4 is 21.7 Å². The second kappa shape index (κ2) is 7.08. The summed E-state index contributed by atoms with van der Waals surface area (Å²) >= 11 is 0. The van der Waals surface area contributed by atoms with Gasteiger partial charge in [0.2, 0.25) is 5.88 Å². The molecule has 1 aliphatic heterocycles. The first-order valence-corrected chi connectivity index (χ1v) is 9.01. The van der Waals surface area contributed by atoms with Crippen molar-refractivity contribution in [2.75, 3.05) is 29.0 Å². The summed E-state index contributed by atoms with van der Waals surface area (Å²) in [7, 11) is 0. The van der Waals surface area contributed by atoms with E-state index in [-0.39, 0.29) is 28.6 Å². The molecule has 9 heteroatoms. The number of hydrogen-bond donors (Lipinski definition) is 3. The summed E-state index contributed by atoms with van der Waals surface area (Å²) < 4.78 is 18.6. The van der Waals surface area contributed by atoms with Crippen LogP contribution in [0.15, 0.2) is 35.1 Å². The van der Waals surface area contributed by atoms with Gasteiger partial charge in [0.1, 0.15) is 16.9 Å². The first-order valence-electron chi connectivity index (χ1n) is 9.01. The third-order valence-electron chi connectivity index (χ3n) is 4.83. The number of aromatic nitrogens is 2. The Morgan fingerprint density at radius 3 is 3.00 bits per heavy atom. The van der Waals surface area contributed by atoms with Crippen molar-refractivity contribution in [3.05, 3.63) is 42.1 Å². The summed E-state index contributed by atoms with van der Waals surface area (Å²) in [6.07, 6.45) is 5.22. The number of nitrogen functional groups attached to an aromatic ring is 1. The summed E-state index contributed by atoms with van der Waals surface area (Å²) in [6, 6.07) is 3.04. The number of anilines is 3. The van der Waals surface area contributed by atoms with E-state index in [0.29, 0.717) is 18.2 Å². The number of nitrogens with one attached hydrogen (secondary N) is 1. The molecule has 0 aliphatic carbocycles. The van der Waals surface area contributed by atoms with Crippen LogP contribution in [0.25, 0.3) is 11.1 Å². The van der Waals surface area contributed by atoms with Gasteiger partial charge in [0.25, 0.3) is 5.91 Å². The van der Waals surface area contributed by atoms with Gasteiger partial charge < -0.3 is 26.1 Å². The zero-order valence-electron chi connectivity index (χ0n) is 15.4. The number of rotatable bonds is 3. The molecule has 0 unspecified atom stereocenters. The van der Waals surface area contributed by atoms with Crippen LogP contribution in [0.4, 0.5) is 21.6 Å². The smallest absolute Gasteiger partial charge is 0.263 e. The lowest BCUT2D eigenvalue weighted by Gasteiger charge is -2.37. The van der Waals surface area contributed by atoms with E-state index in [4.69, 9.17) is 15.9 Å². The average Bonchev–Trinajstić information content (AvgIpc) is 2.96. The lowest BCUT2D eigenvalue weighted by Crippen LogP contribution is -2.46. The molecule has 1 fully saturated rings. The zero-order valence-corrected chi connectivity index (χ0v) is 15.4. The standard InChI is InChI=1S/C19H21FN6O2/c1-10-4-12(21)9-26(8-10)14-2-3-23-7-13(14)25-19(27)16-17-15(28-18(16)22)5-11(20)6-24-17/h2-3,5-7,10,12H,4,8-9,21-22H2,1H3,(H,25,27)/t10-,12+/m0/s1. The van der Waals surface area contributed by atoms with Crippen molar-refractivity contribution in [3.63, 3.8) is 0 Å². The van der Waals surface area contributed by atoms with E-state index in [0.717, 1.165) is 30.9 Å². The lowest BCUT2D eigenvalue weighted by molar-refractivity contribution is 0.102. The molecule has 3 aromatic rings. The number of furan rings is 1. The summed E-state index contributed by atoms with van der Waals surface area (Å²) in [4.78, 5) is 23.1. The molecule has 0 spiro atoms. The van der Waals surface area contributed by atoms with Gasteiger partial charge in [0.15, 0.2) is 5.58 Å². The Labute approximate surface area is 160 Å². The van der Waals surface area contributed by atoms with Crippen molar-refractivity contribution in [1.82, 2.24) is 9.97 Å². The summed E-state index contributed by atoms with van der Waals surface area (Å²) in [5.41, 5.74) is 13.8. The highest BCUT2D eigenvalue weighted by Crippen LogP contribution is 2.31. The highest BCUT2D eigenvalue weighted by atomic mass is 19.1. The molecule has 28 heavy (non-hydrogen) atoms. The van der Waals surface area contributed by atoms with Gasteiger partial charge in [-0.2, -0.15) is 0 Å². The number of nitrogens with zero attached hydrogens (tertiary/aromatic N) is 3. The van der Waals surface area contributed by atoms with Gasteiger partial charge >= 0.3 is 0 Å². The Hall–Kier alpha value is -3.20. The van der Waals surface area contributed by atoms with E-state index in [2.05, 4.69) is 27.1 Å². The van der Waals surface area contributed by atoms with Crippen molar-refractivity contribution in [3.8, 4) is 0 Å². The molecule has 8 nitrogen and oxygen atoms in total. The normalized spacial score (nSPS) is 19.8. The summed E-state index contributed by atoms with van der Waals surface area (Å²) in [5.74, 6) is -0.755. The monoisotopic (exact) mass is 384 g/mol. The molecule has 1 aliphatic rings. The number of carbonyl (C=O) groups is 1. The number of piperidine rings is 1. The molecule has 0 bridgehead atoms. The van der Waals surface area contributed by atoms with Gasteiger partial charge in [-0.3, -0.25) is 9.78 Å². The molecule has 4 heterocycles. The van der Waals surface area contributed by atoms with Gasteiger partial charge in [-0.1, -0.05) is 6.92 Å². The maximum Gasteiger partial charge on any atom is 0.263 e. The van der Waals surface area contributed by atoms with Crippen LogP contribution in [-0.2, 0) is 0 Å². The number of halogens is 1. The minimum Gasteiger partial charge on any atom is -0.438 e. The minimum absolute atomic E-state index is 0.0630. The van der Waals surface area contributed by atoms with Gasteiger partial charge in [0.05, 0.1) is 23.8 Å². The molecule has 0 aromatic carbocycles. The maximum atomic E-state index is 13.4. The Morgan fingerprint density at radius 2 is 2.21 bits per heavy atom. The fourth-order valence-electron chi connectivity index (χ4n) is 3.73. The SMILES string of the molecule is C[C@H]1C[C@@H](N)CN(c2ccncc2NC(=O)c2c(N)oc3cc(F)cnc23)C1. The van der Waals surface area contributed by atoms with E-state index in [1.165, 1.54) is 0 Å². The number of nitrogens with two attached hydrogens (primary N) is 2. The Morgan fingerprint density at radius 1 is 1.39 bits per heavy atom. The second-order valence-electron chi connectivity index (χ2n) is 7.19. The zero-order chi connectivity index (χ0) is 19.8. The molecule has 1 saturated heterocycles. The quantitative estimate of drug-likeness (QED) is 0.633. The van der Waals surface area contributed by atoms with Crippen LogP contribution in [-0.4, -0.2) is 35.0 Å². The maximum absolute atomic E-state index is 13.4. The predicted octanol–water partition coefficient (Wildman–Crippen LogP) is 2.37. The fourth-order valence-corrected chi connectivity index (χ4v) is 3.73. The Bertz CT molecular complexity index is 1030. The number of amides is 1. The number of pyridine rings is 2. The van der Waals surface area contributed by atoms with E-state index in [9.17, 15) is 9.18 Å². The molecule has 3 aromatic heterocycles. The van der Waals surface area contributed by atoms with Crippen LogP contribution in [0, 0.1) is 11.7 Å². The molecule has 0 saturated carbocycles. The Balaban J connectivity index is 1.65. The number of carbonyl (C=O) groups excluding carboxylic acids is 1. The van der Waals surface area contributed by atoms with E-state index in [1.807, 2.05) is 6.07 Å². The molecule has 5 N–H and O–H groups in total. The first kappa shape index (κ1) is 18.2. The third kappa shape index (κ3) is 3.36. The third-order valence-corrected chi connectivity index (χ3v) is 4.83. The summed E-state index contributed by atoms with van der Waals surface area (Å²) in [6.45, 7) is 3.67. The molecular formula is C19H21FN6O2. The van der Waals surface area contributed by atoms with E-state index >= 15 is 0 Å². The van der Waals surface area contributed by atoms with Crippen molar-refractivity contribution >= 4 is 34.3 Å². The van der Waals surface area contributed by atoms with Crippen molar-refractivity contribution in [2.45, 2.75) is 19.4 Å². The van der Waals surface area contributed by atoms with Gasteiger partial charge in [-0.05, 0) is 18.4 Å². The Kier molecular flexibility index (Phi) is 4.60. The highest BCUT2D eigenvalue weighted by Gasteiger charge is 2.26. The molecule has 0 radical (unpaired) electrons. The van der Waals surface area contributed by atoms with Crippen molar-refractivity contribution in [2.24, 2.45) is 11.7 Å². The number of hydrogen-bond acceptors (Lipinski definition) is 7. The molecule has 146 valence electrons. The molecular weight excluding hydrogens is 363 g/mol. The van der Waals surface area contributed by atoms with Crippen LogP contribution >= 0.6 is 0 Å². The summed E-state index contributed by atoms with van der Waals surface area (Å²) in [5, 5.41) is 2.83. The van der Waals surface area contributed by atoms with Crippen LogP contribution in [0.3, 0.4) is 0 Å². The lowest BCUT2D eigenvalue weighted by atomic mass is 9.96. The van der Waals surface area contributed by atoms with Gasteiger partial charge in [-0.25, -0.2) is 9.37 Å². The van der Waals surface area contributed by atoms with E-state index in [1.54, 1.807) is 12.4 Å². The predicted molar refractivity (Wildman–Crippen MR) is 105 cm³/mol. The van der Waals surface area contributed by atoms with Gasteiger partial charge in [-0.15, -0.1) is 0 Å². The number of fused-ring (bicyclic) bond motifs is 1. The first-order chi connectivity index (χ1) is 13.4. The second-order valence-corrected chi connectivity index (χ2v) is 7.19. The van der Waals surface area contributed by atoms with Crippen LogP contribution in [0.1, 0.15) is 23.7 Å². The minimum atomic E-state index is -0.571. The topological polar surface area (TPSA) is 123 Å². The molecule has 2 atom stereocenters. The molecule has 1 amide bonds.